The van der Waals surface area contributed by atoms with Crippen molar-refractivity contribution in [3.05, 3.63) is 35.4 Å². The Morgan fingerprint density at radius 3 is 2.48 bits per heavy atom. The summed E-state index contributed by atoms with van der Waals surface area (Å²) in [5.74, 6) is -0.684. The summed E-state index contributed by atoms with van der Waals surface area (Å²) in [7, 11) is 1.58. The number of hydrogen-bond donors (Lipinski definition) is 2. The minimum atomic E-state index is -4.40. The van der Waals surface area contributed by atoms with Crippen molar-refractivity contribution in [1.29, 1.82) is 0 Å². The number of ether oxygens (including phenoxy) is 1. The van der Waals surface area contributed by atoms with E-state index in [-0.39, 0.29) is 0 Å². The van der Waals surface area contributed by atoms with Crippen molar-refractivity contribution in [3.8, 4) is 0 Å². The molecule has 0 spiro atoms. The van der Waals surface area contributed by atoms with Crippen molar-refractivity contribution in [3.63, 3.8) is 0 Å². The van der Waals surface area contributed by atoms with E-state index < -0.39 is 24.7 Å². The molecule has 1 aromatic rings. The zero-order valence-corrected chi connectivity index (χ0v) is 12.0. The second-order valence-corrected chi connectivity index (χ2v) is 4.64. The average molecular weight is 304 g/mol. The maximum absolute atomic E-state index is 12.0. The number of rotatable bonds is 7. The van der Waals surface area contributed by atoms with Crippen LogP contribution >= 0.6 is 0 Å². The van der Waals surface area contributed by atoms with E-state index in [4.69, 9.17) is 4.74 Å². The zero-order valence-electron chi connectivity index (χ0n) is 12.0. The molecular weight excluding hydrogens is 285 g/mol. The highest BCUT2D eigenvalue weighted by Gasteiger charge is 2.28. The molecule has 4 nitrogen and oxygen atoms in total. The average Bonchev–Trinajstić information content (AvgIpc) is 2.43. The van der Waals surface area contributed by atoms with Gasteiger partial charge in [-0.1, -0.05) is 24.3 Å². The van der Waals surface area contributed by atoms with Gasteiger partial charge in [0.2, 0.25) is 5.91 Å². The maximum Gasteiger partial charge on any atom is 0.405 e. The lowest BCUT2D eigenvalue weighted by atomic mass is 10.1. The molecule has 0 fully saturated rings. The van der Waals surface area contributed by atoms with Gasteiger partial charge in [-0.2, -0.15) is 13.2 Å². The van der Waals surface area contributed by atoms with Crippen LogP contribution in [-0.4, -0.2) is 31.8 Å². The second-order valence-electron chi connectivity index (χ2n) is 4.64. The Balaban J connectivity index is 2.49. The highest BCUT2D eigenvalue weighted by molar-refractivity contribution is 5.81. The Hall–Kier alpha value is -1.60. The highest BCUT2D eigenvalue weighted by atomic mass is 19.4. The normalized spacial score (nSPS) is 13.0. The van der Waals surface area contributed by atoms with Crippen LogP contribution < -0.4 is 10.6 Å². The highest BCUT2D eigenvalue weighted by Crippen LogP contribution is 2.12. The van der Waals surface area contributed by atoms with Crippen molar-refractivity contribution in [2.24, 2.45) is 0 Å². The third-order valence-corrected chi connectivity index (χ3v) is 2.87. The molecule has 0 aliphatic heterocycles. The fourth-order valence-electron chi connectivity index (χ4n) is 1.72. The molecule has 1 aromatic carbocycles. The van der Waals surface area contributed by atoms with Crippen LogP contribution in [-0.2, 0) is 22.7 Å². The van der Waals surface area contributed by atoms with Gasteiger partial charge in [0.05, 0.1) is 12.6 Å². The van der Waals surface area contributed by atoms with Crippen molar-refractivity contribution < 1.29 is 22.7 Å². The monoisotopic (exact) mass is 304 g/mol. The molecule has 0 bridgehead atoms. The number of hydrogen-bond acceptors (Lipinski definition) is 3. The Bertz CT molecular complexity index is 464. The lowest BCUT2D eigenvalue weighted by Crippen LogP contribution is -2.45. The van der Waals surface area contributed by atoms with Gasteiger partial charge in [-0.25, -0.2) is 0 Å². The van der Waals surface area contributed by atoms with E-state index in [0.29, 0.717) is 13.2 Å². The Morgan fingerprint density at radius 2 is 1.90 bits per heavy atom. The summed E-state index contributed by atoms with van der Waals surface area (Å²) in [6.45, 7) is 1.01. The summed E-state index contributed by atoms with van der Waals surface area (Å²) >= 11 is 0. The Labute approximate surface area is 121 Å². The summed E-state index contributed by atoms with van der Waals surface area (Å²) in [6, 6.07) is 6.78. The number of nitrogens with one attached hydrogen (secondary N) is 2. The van der Waals surface area contributed by atoms with Crippen LogP contribution in [0.5, 0.6) is 0 Å². The molecule has 0 saturated carbocycles. The largest absolute Gasteiger partial charge is 0.405 e. The van der Waals surface area contributed by atoms with E-state index >= 15 is 0 Å². The van der Waals surface area contributed by atoms with Gasteiger partial charge in [-0.3, -0.25) is 4.79 Å². The maximum atomic E-state index is 12.0. The lowest BCUT2D eigenvalue weighted by molar-refractivity contribution is -0.139. The van der Waals surface area contributed by atoms with Crippen LogP contribution in [0.15, 0.2) is 24.3 Å². The molecule has 1 atom stereocenters. The minimum Gasteiger partial charge on any atom is -0.380 e. The van der Waals surface area contributed by atoms with Crippen LogP contribution in [0.25, 0.3) is 0 Å². The van der Waals surface area contributed by atoms with Gasteiger partial charge in [-0.05, 0) is 18.1 Å². The number of alkyl halides is 3. The van der Waals surface area contributed by atoms with Gasteiger partial charge in [0, 0.05) is 13.7 Å². The van der Waals surface area contributed by atoms with Gasteiger partial charge in [-0.15, -0.1) is 0 Å². The first-order valence-electron chi connectivity index (χ1n) is 6.47. The third kappa shape index (κ3) is 6.59. The van der Waals surface area contributed by atoms with Crippen LogP contribution in [0.2, 0.25) is 0 Å². The fraction of sp³-hybridized carbons (Fsp3) is 0.500. The molecule has 0 aliphatic rings. The number of methoxy groups -OCH3 is 1. The summed E-state index contributed by atoms with van der Waals surface area (Å²) < 4.78 is 41.1. The number of carbonyl (C=O) groups is 1. The van der Waals surface area contributed by atoms with Crippen molar-refractivity contribution in [1.82, 2.24) is 10.6 Å². The standard InChI is InChI=1S/C14H19F3N2O2/c1-10(13(20)19-9-14(15,16)17)18-7-11-5-3-4-6-12(11)8-21-2/h3-6,10,18H,7-9H2,1-2H3,(H,19,20). The van der Waals surface area contributed by atoms with Crippen molar-refractivity contribution >= 4 is 5.91 Å². The molecule has 0 aromatic heterocycles. The predicted octanol–water partition coefficient (Wildman–Crippen LogP) is 1.99. The molecule has 0 saturated heterocycles. The summed E-state index contributed by atoms with van der Waals surface area (Å²) in [5.41, 5.74) is 1.91. The van der Waals surface area contributed by atoms with E-state index in [0.717, 1.165) is 11.1 Å². The van der Waals surface area contributed by atoms with E-state index in [9.17, 15) is 18.0 Å². The second kappa shape index (κ2) is 7.99. The molecule has 1 unspecified atom stereocenters. The number of benzene rings is 1. The topological polar surface area (TPSA) is 50.4 Å². The lowest BCUT2D eigenvalue weighted by Gasteiger charge is -2.16. The molecule has 1 rings (SSSR count). The number of halogens is 3. The Morgan fingerprint density at radius 1 is 1.29 bits per heavy atom. The van der Waals surface area contributed by atoms with Crippen LogP contribution in [0.4, 0.5) is 13.2 Å². The molecule has 21 heavy (non-hydrogen) atoms. The van der Waals surface area contributed by atoms with E-state index in [2.05, 4.69) is 5.32 Å². The zero-order chi connectivity index (χ0) is 15.9. The van der Waals surface area contributed by atoms with E-state index in [1.54, 1.807) is 7.11 Å². The molecule has 7 heteroatoms. The van der Waals surface area contributed by atoms with Gasteiger partial charge < -0.3 is 15.4 Å². The van der Waals surface area contributed by atoms with E-state index in [1.165, 1.54) is 6.92 Å². The first kappa shape index (κ1) is 17.5. The molecule has 0 aliphatic carbocycles. The fourth-order valence-corrected chi connectivity index (χ4v) is 1.72. The SMILES string of the molecule is COCc1ccccc1CNC(C)C(=O)NCC(F)(F)F. The summed E-state index contributed by atoms with van der Waals surface area (Å²) in [5, 5.41) is 4.75. The Kier molecular flexibility index (Phi) is 6.64. The van der Waals surface area contributed by atoms with Crippen molar-refractivity contribution in [2.75, 3.05) is 13.7 Å². The molecule has 0 heterocycles. The first-order chi connectivity index (χ1) is 9.83. The van der Waals surface area contributed by atoms with Crippen LogP contribution in [0.3, 0.4) is 0 Å². The quantitative estimate of drug-likeness (QED) is 0.810. The van der Waals surface area contributed by atoms with Gasteiger partial charge in [0.1, 0.15) is 6.54 Å². The van der Waals surface area contributed by atoms with Crippen LogP contribution in [0.1, 0.15) is 18.1 Å². The summed E-state index contributed by atoms with van der Waals surface area (Å²) in [6.07, 6.45) is -4.40. The first-order valence-corrected chi connectivity index (χ1v) is 6.47. The number of carbonyl (C=O) groups excluding carboxylic acids is 1. The van der Waals surface area contributed by atoms with E-state index in [1.807, 2.05) is 29.6 Å². The third-order valence-electron chi connectivity index (χ3n) is 2.87. The molecule has 0 radical (unpaired) electrons. The molecule has 1 amide bonds. The van der Waals surface area contributed by atoms with Gasteiger partial charge >= 0.3 is 6.18 Å². The van der Waals surface area contributed by atoms with Crippen LogP contribution in [0, 0.1) is 0 Å². The molecule has 118 valence electrons. The van der Waals surface area contributed by atoms with Gasteiger partial charge in [0.25, 0.3) is 0 Å². The molecule has 2 N–H and O–H groups in total. The minimum absolute atomic E-state index is 0.375. The van der Waals surface area contributed by atoms with Crippen molar-refractivity contribution in [2.45, 2.75) is 32.3 Å². The molecular formula is C14H19F3N2O2. The van der Waals surface area contributed by atoms with Gasteiger partial charge in [0.15, 0.2) is 0 Å². The number of amides is 1. The smallest absolute Gasteiger partial charge is 0.380 e. The summed E-state index contributed by atoms with van der Waals surface area (Å²) in [4.78, 5) is 11.5. The predicted molar refractivity (Wildman–Crippen MR) is 72.5 cm³/mol.